The summed E-state index contributed by atoms with van der Waals surface area (Å²) in [4.78, 5) is 14.5. The number of thioether (sulfide) groups is 1. The van der Waals surface area contributed by atoms with Crippen LogP contribution in [0.15, 0.2) is 0 Å². The molecule has 22 heavy (non-hydrogen) atoms. The molecule has 3 rings (SSSR count). The predicted molar refractivity (Wildman–Crippen MR) is 87.7 cm³/mol. The molecule has 0 saturated carbocycles. The zero-order valence-electron chi connectivity index (χ0n) is 12.9. The minimum absolute atomic E-state index is 0.000830. The second-order valence-electron chi connectivity index (χ2n) is 6.26. The van der Waals surface area contributed by atoms with E-state index in [4.69, 9.17) is 0 Å². The zero-order chi connectivity index (χ0) is 15.6. The fraction of sp³-hybridized carbons (Fsp3) is 0.929. The molecule has 0 aromatic carbocycles. The summed E-state index contributed by atoms with van der Waals surface area (Å²) in [5, 5.41) is 0. The van der Waals surface area contributed by atoms with Gasteiger partial charge in [0.15, 0.2) is 0 Å². The van der Waals surface area contributed by atoms with Gasteiger partial charge in [0.1, 0.15) is 6.04 Å². The molecule has 0 spiro atoms. The maximum absolute atomic E-state index is 12.9. The molecule has 126 valence electrons. The summed E-state index contributed by atoms with van der Waals surface area (Å²) in [6, 6.07) is -0.503. The van der Waals surface area contributed by atoms with E-state index >= 15 is 0 Å². The molecule has 0 aliphatic carbocycles. The topological polar surface area (TPSA) is 60.9 Å². The number of hydrogen-bond donors (Lipinski definition) is 0. The van der Waals surface area contributed by atoms with Gasteiger partial charge >= 0.3 is 0 Å². The molecule has 0 aromatic rings. The van der Waals surface area contributed by atoms with Crippen molar-refractivity contribution in [1.29, 1.82) is 0 Å². The van der Waals surface area contributed by atoms with Gasteiger partial charge in [0.25, 0.3) is 10.2 Å². The van der Waals surface area contributed by atoms with E-state index in [-0.39, 0.29) is 5.91 Å². The lowest BCUT2D eigenvalue weighted by Crippen LogP contribution is -2.52. The average Bonchev–Trinajstić information content (AvgIpc) is 3.13. The molecule has 8 heteroatoms. The van der Waals surface area contributed by atoms with Crippen LogP contribution in [0.2, 0.25) is 0 Å². The molecule has 0 N–H and O–H groups in total. The molecular formula is C14H25N3O3S2. The number of nitrogens with zero attached hydrogens (tertiary/aromatic N) is 3. The highest BCUT2D eigenvalue weighted by atomic mass is 32.2. The van der Waals surface area contributed by atoms with Crippen LogP contribution in [-0.4, -0.2) is 71.7 Å². The first kappa shape index (κ1) is 16.5. The van der Waals surface area contributed by atoms with E-state index in [1.54, 1.807) is 16.1 Å². The Hall–Kier alpha value is -0.310. The SMILES string of the molecule is O=C([C@@H]1CSCN1S(=O)(=O)N1CCCCCC1)N1CCCC1. The summed E-state index contributed by atoms with van der Waals surface area (Å²) in [5.74, 6) is 0.992. The molecule has 1 amide bonds. The van der Waals surface area contributed by atoms with Gasteiger partial charge in [0.2, 0.25) is 5.91 Å². The van der Waals surface area contributed by atoms with Crippen molar-refractivity contribution < 1.29 is 13.2 Å². The number of carbonyl (C=O) groups excluding carboxylic acids is 1. The quantitative estimate of drug-likeness (QED) is 0.767. The van der Waals surface area contributed by atoms with Gasteiger partial charge in [-0.3, -0.25) is 4.79 Å². The lowest BCUT2D eigenvalue weighted by Gasteiger charge is -2.30. The summed E-state index contributed by atoms with van der Waals surface area (Å²) in [6.07, 6.45) is 6.10. The number of rotatable bonds is 3. The molecule has 1 atom stereocenters. The van der Waals surface area contributed by atoms with Crippen LogP contribution >= 0.6 is 11.8 Å². The van der Waals surface area contributed by atoms with Crippen LogP contribution < -0.4 is 0 Å². The van der Waals surface area contributed by atoms with Crippen LogP contribution in [0.3, 0.4) is 0 Å². The van der Waals surface area contributed by atoms with Crippen molar-refractivity contribution in [3.05, 3.63) is 0 Å². The average molecular weight is 348 g/mol. The zero-order valence-corrected chi connectivity index (χ0v) is 14.6. The fourth-order valence-electron chi connectivity index (χ4n) is 3.42. The molecule has 3 heterocycles. The van der Waals surface area contributed by atoms with Gasteiger partial charge in [-0.15, -0.1) is 11.8 Å². The molecular weight excluding hydrogens is 322 g/mol. The van der Waals surface area contributed by atoms with Crippen molar-refractivity contribution in [2.75, 3.05) is 37.8 Å². The smallest absolute Gasteiger partial charge is 0.283 e. The first-order valence-electron chi connectivity index (χ1n) is 8.24. The van der Waals surface area contributed by atoms with Gasteiger partial charge in [-0.2, -0.15) is 17.0 Å². The molecule has 0 radical (unpaired) electrons. The summed E-state index contributed by atoms with van der Waals surface area (Å²) >= 11 is 1.55. The lowest BCUT2D eigenvalue weighted by molar-refractivity contribution is -0.133. The molecule has 6 nitrogen and oxygen atoms in total. The predicted octanol–water partition coefficient (Wildman–Crippen LogP) is 1.10. The summed E-state index contributed by atoms with van der Waals surface area (Å²) in [7, 11) is -3.51. The Morgan fingerprint density at radius 2 is 1.50 bits per heavy atom. The fourth-order valence-corrected chi connectivity index (χ4v) is 6.78. The van der Waals surface area contributed by atoms with Crippen LogP contribution in [0.25, 0.3) is 0 Å². The van der Waals surface area contributed by atoms with Crippen molar-refractivity contribution in [3.63, 3.8) is 0 Å². The van der Waals surface area contributed by atoms with Crippen molar-refractivity contribution in [3.8, 4) is 0 Å². The Labute approximate surface area is 137 Å². The van der Waals surface area contributed by atoms with E-state index < -0.39 is 16.3 Å². The van der Waals surface area contributed by atoms with Crippen LogP contribution in [-0.2, 0) is 15.0 Å². The standard InChI is InChI=1S/C14H25N3O3S2/c18-14(15-7-5-6-8-15)13-11-21-12-17(13)22(19,20)16-9-3-1-2-4-10-16/h13H,1-12H2/t13-/m0/s1. The Morgan fingerprint density at radius 1 is 0.909 bits per heavy atom. The van der Waals surface area contributed by atoms with E-state index in [1.165, 1.54) is 4.31 Å². The first-order valence-corrected chi connectivity index (χ1v) is 10.8. The highest BCUT2D eigenvalue weighted by Crippen LogP contribution is 2.29. The minimum atomic E-state index is -3.51. The van der Waals surface area contributed by atoms with Crippen molar-refractivity contribution in [2.24, 2.45) is 0 Å². The van der Waals surface area contributed by atoms with Gasteiger partial charge in [-0.05, 0) is 25.7 Å². The maximum Gasteiger partial charge on any atom is 0.283 e. The van der Waals surface area contributed by atoms with E-state index in [2.05, 4.69) is 0 Å². The number of hydrogen-bond acceptors (Lipinski definition) is 4. The Balaban J connectivity index is 1.74. The van der Waals surface area contributed by atoms with Gasteiger partial charge < -0.3 is 4.90 Å². The van der Waals surface area contributed by atoms with E-state index in [0.29, 0.717) is 24.7 Å². The Kier molecular flexibility index (Phi) is 5.31. The molecule has 3 fully saturated rings. The highest BCUT2D eigenvalue weighted by molar-refractivity contribution is 8.00. The third kappa shape index (κ3) is 3.29. The Bertz CT molecular complexity index is 497. The molecule has 3 aliphatic rings. The molecule has 0 bridgehead atoms. The summed E-state index contributed by atoms with van der Waals surface area (Å²) < 4.78 is 28.9. The van der Waals surface area contributed by atoms with E-state index in [0.717, 1.165) is 51.6 Å². The maximum atomic E-state index is 12.9. The molecule has 0 unspecified atom stereocenters. The molecule has 3 saturated heterocycles. The lowest BCUT2D eigenvalue weighted by atomic mass is 10.2. The third-order valence-corrected chi connectivity index (χ3v) is 7.90. The normalized spacial score (nSPS) is 28.9. The second kappa shape index (κ2) is 7.07. The van der Waals surface area contributed by atoms with Gasteiger partial charge in [0, 0.05) is 31.9 Å². The number of carbonyl (C=O) groups is 1. The minimum Gasteiger partial charge on any atom is -0.341 e. The van der Waals surface area contributed by atoms with Gasteiger partial charge in [-0.25, -0.2) is 0 Å². The van der Waals surface area contributed by atoms with Crippen LogP contribution in [0.5, 0.6) is 0 Å². The van der Waals surface area contributed by atoms with Crippen LogP contribution in [0.1, 0.15) is 38.5 Å². The van der Waals surface area contributed by atoms with E-state index in [1.807, 2.05) is 4.90 Å². The van der Waals surface area contributed by atoms with Gasteiger partial charge in [0.05, 0.1) is 5.88 Å². The number of likely N-dealkylation sites (tertiary alicyclic amines) is 1. The van der Waals surface area contributed by atoms with Gasteiger partial charge in [-0.1, -0.05) is 12.8 Å². The van der Waals surface area contributed by atoms with Crippen molar-refractivity contribution in [2.45, 2.75) is 44.6 Å². The molecule has 0 aromatic heterocycles. The Morgan fingerprint density at radius 3 is 2.14 bits per heavy atom. The summed E-state index contributed by atoms with van der Waals surface area (Å²) in [5.41, 5.74) is 0. The third-order valence-electron chi connectivity index (χ3n) is 4.73. The highest BCUT2D eigenvalue weighted by Gasteiger charge is 2.43. The first-order chi connectivity index (χ1) is 10.6. The van der Waals surface area contributed by atoms with Crippen LogP contribution in [0, 0.1) is 0 Å². The van der Waals surface area contributed by atoms with Crippen molar-refractivity contribution in [1.82, 2.24) is 13.5 Å². The monoisotopic (exact) mass is 347 g/mol. The largest absolute Gasteiger partial charge is 0.341 e. The van der Waals surface area contributed by atoms with E-state index in [9.17, 15) is 13.2 Å². The van der Waals surface area contributed by atoms with Crippen molar-refractivity contribution >= 4 is 27.9 Å². The molecule has 3 aliphatic heterocycles. The number of amides is 1. The van der Waals surface area contributed by atoms with Crippen LogP contribution in [0.4, 0.5) is 0 Å². The summed E-state index contributed by atoms with van der Waals surface area (Å²) in [6.45, 7) is 2.73. The second-order valence-corrected chi connectivity index (χ2v) is 9.14.